The maximum atomic E-state index is 11.8. The molecular weight excluding hydrogens is 258 g/mol. The van der Waals surface area contributed by atoms with Crippen LogP contribution in [0.5, 0.6) is 0 Å². The molecule has 1 heterocycles. The summed E-state index contributed by atoms with van der Waals surface area (Å²) in [4.78, 5) is 19.9. The minimum Gasteiger partial charge on any atom is -0.325 e. The van der Waals surface area contributed by atoms with Crippen molar-refractivity contribution in [3.05, 3.63) is 47.8 Å². The number of hydrogen-bond acceptors (Lipinski definition) is 4. The first-order chi connectivity index (χ1) is 9.13. The van der Waals surface area contributed by atoms with Crippen LogP contribution in [0.1, 0.15) is 11.1 Å². The van der Waals surface area contributed by atoms with Crippen molar-refractivity contribution in [2.24, 2.45) is 0 Å². The second kappa shape index (κ2) is 6.33. The Labute approximate surface area is 116 Å². The number of carbonyl (C=O) groups excluding carboxylic acids is 1. The molecule has 5 heteroatoms. The number of benzene rings is 1. The van der Waals surface area contributed by atoms with Gasteiger partial charge < -0.3 is 5.32 Å². The number of thioether (sulfide) groups is 1. The van der Waals surface area contributed by atoms with Crippen LogP contribution in [0, 0.1) is 13.8 Å². The largest absolute Gasteiger partial charge is 0.325 e. The molecule has 0 unspecified atom stereocenters. The predicted octanol–water partition coefficient (Wildman–Crippen LogP) is 2.82. The molecule has 0 radical (unpaired) electrons. The lowest BCUT2D eigenvalue weighted by molar-refractivity contribution is -0.113. The van der Waals surface area contributed by atoms with E-state index in [4.69, 9.17) is 0 Å². The minimum absolute atomic E-state index is 0.0533. The molecule has 98 valence electrons. The van der Waals surface area contributed by atoms with Gasteiger partial charge in [0.05, 0.1) is 5.75 Å². The number of rotatable bonds is 4. The summed E-state index contributed by atoms with van der Waals surface area (Å²) < 4.78 is 0. The van der Waals surface area contributed by atoms with Gasteiger partial charge in [0.25, 0.3) is 0 Å². The number of nitrogens with zero attached hydrogens (tertiary/aromatic N) is 2. The van der Waals surface area contributed by atoms with Crippen LogP contribution < -0.4 is 5.32 Å². The third-order valence-corrected chi connectivity index (χ3v) is 3.26. The molecule has 1 aromatic carbocycles. The van der Waals surface area contributed by atoms with Crippen LogP contribution in [0.25, 0.3) is 0 Å². The maximum Gasteiger partial charge on any atom is 0.234 e. The molecule has 1 N–H and O–H groups in total. The van der Waals surface area contributed by atoms with E-state index in [1.165, 1.54) is 11.8 Å². The first-order valence-electron chi connectivity index (χ1n) is 5.91. The molecule has 1 aromatic heterocycles. The van der Waals surface area contributed by atoms with Crippen LogP contribution in [-0.2, 0) is 4.79 Å². The number of hydrogen-bond donors (Lipinski definition) is 1. The van der Waals surface area contributed by atoms with Crippen molar-refractivity contribution in [1.82, 2.24) is 9.97 Å². The topological polar surface area (TPSA) is 54.9 Å². The van der Waals surface area contributed by atoms with Crippen LogP contribution in [0.4, 0.5) is 5.69 Å². The minimum atomic E-state index is -0.0533. The fraction of sp³-hybridized carbons (Fsp3) is 0.214. The van der Waals surface area contributed by atoms with Crippen LogP contribution in [0.2, 0.25) is 0 Å². The summed E-state index contributed by atoms with van der Waals surface area (Å²) in [5.41, 5.74) is 3.10. The van der Waals surface area contributed by atoms with E-state index in [9.17, 15) is 4.79 Å². The smallest absolute Gasteiger partial charge is 0.234 e. The predicted molar refractivity (Wildman–Crippen MR) is 77.3 cm³/mol. The number of anilines is 1. The van der Waals surface area contributed by atoms with Crippen molar-refractivity contribution >= 4 is 23.4 Å². The zero-order valence-corrected chi connectivity index (χ0v) is 11.7. The lowest BCUT2D eigenvalue weighted by Crippen LogP contribution is -2.14. The van der Waals surface area contributed by atoms with E-state index < -0.39 is 0 Å². The first-order valence-corrected chi connectivity index (χ1v) is 6.90. The van der Waals surface area contributed by atoms with Crippen LogP contribution >= 0.6 is 11.8 Å². The van der Waals surface area contributed by atoms with Crippen molar-refractivity contribution in [3.63, 3.8) is 0 Å². The van der Waals surface area contributed by atoms with Crippen LogP contribution in [0.3, 0.4) is 0 Å². The first kappa shape index (κ1) is 13.5. The molecule has 2 rings (SSSR count). The van der Waals surface area contributed by atoms with Gasteiger partial charge in [-0.3, -0.25) is 4.79 Å². The number of nitrogens with one attached hydrogen (secondary N) is 1. The van der Waals surface area contributed by atoms with Gasteiger partial charge in [-0.25, -0.2) is 9.97 Å². The highest BCUT2D eigenvalue weighted by Gasteiger charge is 2.05. The van der Waals surface area contributed by atoms with Crippen LogP contribution in [0.15, 0.2) is 41.8 Å². The standard InChI is InChI=1S/C14H15N3OS/c1-10-6-11(2)8-12(7-10)17-13(18)9-19-14-15-4-3-5-16-14/h3-8H,9H2,1-2H3,(H,17,18). The Kier molecular flexibility index (Phi) is 4.52. The molecule has 19 heavy (non-hydrogen) atoms. The Hall–Kier alpha value is -1.88. The highest BCUT2D eigenvalue weighted by Crippen LogP contribution is 2.15. The molecule has 2 aromatic rings. The fourth-order valence-electron chi connectivity index (χ4n) is 1.73. The molecule has 0 aliphatic heterocycles. The molecule has 0 aliphatic carbocycles. The molecule has 0 spiro atoms. The van der Waals surface area contributed by atoms with Crippen LogP contribution in [-0.4, -0.2) is 21.6 Å². The van der Waals surface area contributed by atoms with E-state index in [0.29, 0.717) is 10.9 Å². The van der Waals surface area contributed by atoms with Gasteiger partial charge in [-0.05, 0) is 43.2 Å². The lowest BCUT2D eigenvalue weighted by atomic mass is 10.1. The monoisotopic (exact) mass is 273 g/mol. The highest BCUT2D eigenvalue weighted by atomic mass is 32.2. The SMILES string of the molecule is Cc1cc(C)cc(NC(=O)CSc2ncccn2)c1. The summed E-state index contributed by atoms with van der Waals surface area (Å²) in [5, 5.41) is 3.49. The number of amides is 1. The van der Waals surface area contributed by atoms with Gasteiger partial charge in [0, 0.05) is 18.1 Å². The van der Waals surface area contributed by atoms with Gasteiger partial charge in [-0.1, -0.05) is 17.8 Å². The van der Waals surface area contributed by atoms with Gasteiger partial charge in [0.15, 0.2) is 5.16 Å². The summed E-state index contributed by atoms with van der Waals surface area (Å²) in [7, 11) is 0. The van der Waals surface area contributed by atoms with Crippen molar-refractivity contribution in [3.8, 4) is 0 Å². The molecule has 0 bridgehead atoms. The normalized spacial score (nSPS) is 10.2. The summed E-state index contributed by atoms with van der Waals surface area (Å²) in [6, 6.07) is 7.73. The quantitative estimate of drug-likeness (QED) is 0.687. The third kappa shape index (κ3) is 4.37. The van der Waals surface area contributed by atoms with E-state index in [1.807, 2.05) is 26.0 Å². The molecule has 4 nitrogen and oxygen atoms in total. The Balaban J connectivity index is 1.91. The Morgan fingerprint density at radius 1 is 1.16 bits per heavy atom. The number of carbonyl (C=O) groups is 1. The second-order valence-corrected chi connectivity index (χ2v) is 5.19. The fourth-order valence-corrected chi connectivity index (χ4v) is 2.34. The summed E-state index contributed by atoms with van der Waals surface area (Å²) in [6.45, 7) is 4.02. The third-order valence-electron chi connectivity index (χ3n) is 2.38. The lowest BCUT2D eigenvalue weighted by Gasteiger charge is -2.07. The van der Waals surface area contributed by atoms with Crippen molar-refractivity contribution in [2.75, 3.05) is 11.1 Å². The van der Waals surface area contributed by atoms with Gasteiger partial charge in [-0.2, -0.15) is 0 Å². The summed E-state index contributed by atoms with van der Waals surface area (Å²) in [5.74, 6) is 0.249. The molecule has 0 aliphatic rings. The molecule has 0 fully saturated rings. The molecule has 0 atom stereocenters. The Morgan fingerprint density at radius 3 is 2.42 bits per heavy atom. The maximum absolute atomic E-state index is 11.8. The summed E-state index contributed by atoms with van der Waals surface area (Å²) >= 11 is 1.32. The van der Waals surface area contributed by atoms with Gasteiger partial charge in [0.1, 0.15) is 0 Å². The van der Waals surface area contributed by atoms with E-state index in [1.54, 1.807) is 18.5 Å². The number of aryl methyl sites for hydroxylation is 2. The molecule has 0 saturated heterocycles. The number of aromatic nitrogens is 2. The van der Waals surface area contributed by atoms with E-state index in [-0.39, 0.29) is 5.91 Å². The van der Waals surface area contributed by atoms with Crippen molar-refractivity contribution < 1.29 is 4.79 Å². The highest BCUT2D eigenvalue weighted by molar-refractivity contribution is 7.99. The Bertz CT molecular complexity index is 552. The van der Waals surface area contributed by atoms with Gasteiger partial charge in [0.2, 0.25) is 5.91 Å². The van der Waals surface area contributed by atoms with Gasteiger partial charge >= 0.3 is 0 Å². The van der Waals surface area contributed by atoms with E-state index in [2.05, 4.69) is 21.4 Å². The summed E-state index contributed by atoms with van der Waals surface area (Å²) in [6.07, 6.45) is 3.33. The zero-order valence-electron chi connectivity index (χ0n) is 10.9. The average molecular weight is 273 g/mol. The molecule has 0 saturated carbocycles. The van der Waals surface area contributed by atoms with Crippen molar-refractivity contribution in [2.45, 2.75) is 19.0 Å². The van der Waals surface area contributed by atoms with E-state index >= 15 is 0 Å². The van der Waals surface area contributed by atoms with Crippen molar-refractivity contribution in [1.29, 1.82) is 0 Å². The van der Waals surface area contributed by atoms with Gasteiger partial charge in [-0.15, -0.1) is 0 Å². The average Bonchev–Trinajstić information content (AvgIpc) is 2.36. The Morgan fingerprint density at radius 2 is 1.79 bits per heavy atom. The molecular formula is C14H15N3OS. The molecule has 1 amide bonds. The van der Waals surface area contributed by atoms with E-state index in [0.717, 1.165) is 16.8 Å². The zero-order chi connectivity index (χ0) is 13.7. The second-order valence-electron chi connectivity index (χ2n) is 4.24.